The van der Waals surface area contributed by atoms with Gasteiger partial charge in [-0.25, -0.2) is 4.99 Å². The quantitative estimate of drug-likeness (QED) is 0.266. The molecule has 170 valence electrons. The van der Waals surface area contributed by atoms with Crippen molar-refractivity contribution in [3.05, 3.63) is 29.8 Å². The van der Waals surface area contributed by atoms with Crippen LogP contribution in [-0.4, -0.2) is 68.8 Å². The summed E-state index contributed by atoms with van der Waals surface area (Å²) in [6, 6.07) is 7.21. The highest BCUT2D eigenvalue weighted by molar-refractivity contribution is 14.0. The maximum atomic E-state index is 12.5. The topological polar surface area (TPSA) is 78.0 Å². The number of aliphatic imine (C=N–C) groups is 1. The van der Waals surface area contributed by atoms with Crippen LogP contribution in [0.4, 0.5) is 13.2 Å². The lowest BCUT2D eigenvalue weighted by Crippen LogP contribution is -2.45. The molecule has 0 aliphatic carbocycles. The third-order valence-electron chi connectivity index (χ3n) is 4.39. The van der Waals surface area contributed by atoms with Crippen LogP contribution in [0.2, 0.25) is 0 Å². The molecule has 1 atom stereocenters. The summed E-state index contributed by atoms with van der Waals surface area (Å²) < 4.78 is 42.6. The van der Waals surface area contributed by atoms with Gasteiger partial charge in [0.2, 0.25) is 5.91 Å². The first-order chi connectivity index (χ1) is 13.8. The zero-order valence-corrected chi connectivity index (χ0v) is 19.4. The first kappa shape index (κ1) is 26.3. The van der Waals surface area contributed by atoms with Gasteiger partial charge in [0.15, 0.2) is 5.96 Å². The van der Waals surface area contributed by atoms with Gasteiger partial charge in [-0.2, -0.15) is 13.2 Å². The fraction of sp³-hybridized carbons (Fsp3) is 0.579. The number of hydrogen-bond donors (Lipinski definition) is 3. The molecule has 1 fully saturated rings. The first-order valence-electron chi connectivity index (χ1n) is 9.52. The van der Waals surface area contributed by atoms with Crippen molar-refractivity contribution in [3.63, 3.8) is 0 Å². The van der Waals surface area contributed by atoms with Crippen molar-refractivity contribution >= 4 is 35.8 Å². The molecule has 0 radical (unpaired) electrons. The molecular formula is C19H29F3IN5O2. The number of ether oxygens (including phenoxy) is 1. The minimum atomic E-state index is -4.20. The summed E-state index contributed by atoms with van der Waals surface area (Å²) in [4.78, 5) is 17.7. The minimum Gasteiger partial charge on any atom is -0.497 e. The van der Waals surface area contributed by atoms with E-state index < -0.39 is 12.7 Å². The van der Waals surface area contributed by atoms with Gasteiger partial charge >= 0.3 is 6.18 Å². The molecule has 0 spiro atoms. The molecule has 7 nitrogen and oxygen atoms in total. The van der Waals surface area contributed by atoms with Gasteiger partial charge in [-0.1, -0.05) is 12.1 Å². The molecule has 1 saturated heterocycles. The van der Waals surface area contributed by atoms with Gasteiger partial charge in [0.05, 0.1) is 13.7 Å². The summed E-state index contributed by atoms with van der Waals surface area (Å²) in [5.74, 6) is 0.917. The highest BCUT2D eigenvalue weighted by Gasteiger charge is 2.34. The number of halogens is 4. The van der Waals surface area contributed by atoms with Gasteiger partial charge in [-0.05, 0) is 31.0 Å². The highest BCUT2D eigenvalue weighted by Crippen LogP contribution is 2.19. The Balaban J connectivity index is 0.00000450. The number of alkyl halides is 3. The zero-order chi connectivity index (χ0) is 21.3. The van der Waals surface area contributed by atoms with Crippen molar-refractivity contribution < 1.29 is 22.7 Å². The van der Waals surface area contributed by atoms with Gasteiger partial charge in [0.25, 0.3) is 0 Å². The molecule has 1 aromatic carbocycles. The number of carbonyl (C=O) groups is 1. The molecule has 3 N–H and O–H groups in total. The van der Waals surface area contributed by atoms with E-state index in [-0.39, 0.29) is 49.0 Å². The van der Waals surface area contributed by atoms with Crippen LogP contribution in [-0.2, 0) is 11.3 Å². The van der Waals surface area contributed by atoms with Crippen LogP contribution >= 0.6 is 24.0 Å². The van der Waals surface area contributed by atoms with Crippen molar-refractivity contribution in [1.29, 1.82) is 0 Å². The molecule has 1 aromatic rings. The van der Waals surface area contributed by atoms with Crippen LogP contribution in [0.25, 0.3) is 0 Å². The number of guanidine groups is 1. The molecule has 1 aliphatic heterocycles. The lowest BCUT2D eigenvalue weighted by molar-refractivity contribution is -0.143. The monoisotopic (exact) mass is 543 g/mol. The highest BCUT2D eigenvalue weighted by atomic mass is 127. The Morgan fingerprint density at radius 3 is 2.57 bits per heavy atom. The van der Waals surface area contributed by atoms with Gasteiger partial charge < -0.3 is 20.7 Å². The number of nitrogens with zero attached hydrogens (tertiary/aromatic N) is 2. The smallest absolute Gasteiger partial charge is 0.401 e. The molecule has 0 aromatic heterocycles. The Hall–Kier alpha value is -1.76. The molecule has 30 heavy (non-hydrogen) atoms. The van der Waals surface area contributed by atoms with Gasteiger partial charge in [-0.3, -0.25) is 9.69 Å². The molecule has 2 rings (SSSR count). The van der Waals surface area contributed by atoms with E-state index in [1.807, 2.05) is 31.2 Å². The van der Waals surface area contributed by atoms with E-state index in [4.69, 9.17) is 4.74 Å². The summed E-state index contributed by atoms with van der Waals surface area (Å²) in [6.45, 7) is 2.50. The van der Waals surface area contributed by atoms with E-state index in [9.17, 15) is 18.0 Å². The minimum absolute atomic E-state index is 0. The Kier molecular flexibility index (Phi) is 11.2. The average Bonchev–Trinajstić information content (AvgIpc) is 3.10. The maximum Gasteiger partial charge on any atom is 0.401 e. The van der Waals surface area contributed by atoms with E-state index in [0.717, 1.165) is 11.3 Å². The lowest BCUT2D eigenvalue weighted by Gasteiger charge is -2.19. The number of likely N-dealkylation sites (tertiary alicyclic amines) is 1. The van der Waals surface area contributed by atoms with Crippen LogP contribution in [0.3, 0.4) is 0 Å². The predicted molar refractivity (Wildman–Crippen MR) is 120 cm³/mol. The summed E-state index contributed by atoms with van der Waals surface area (Å²) in [5, 5.41) is 8.91. The number of carbonyl (C=O) groups excluding carboxylic acids is 1. The van der Waals surface area contributed by atoms with E-state index >= 15 is 0 Å². The Bertz CT molecular complexity index is 686. The number of rotatable bonds is 8. The maximum absolute atomic E-state index is 12.5. The second-order valence-corrected chi connectivity index (χ2v) is 6.80. The van der Waals surface area contributed by atoms with Crippen LogP contribution in [0.1, 0.15) is 18.9 Å². The number of nitrogens with one attached hydrogen (secondary N) is 3. The zero-order valence-electron chi connectivity index (χ0n) is 17.1. The normalized spacial score (nSPS) is 17.2. The van der Waals surface area contributed by atoms with E-state index in [0.29, 0.717) is 32.0 Å². The second-order valence-electron chi connectivity index (χ2n) is 6.80. The van der Waals surface area contributed by atoms with Crippen molar-refractivity contribution in [3.8, 4) is 5.75 Å². The standard InChI is InChI=1S/C19H28F3N5O2.HI/c1-3-23-18(26-15-8-9-27(12-15)13-19(20,21)22)25-11-17(28)24-10-14-4-6-16(29-2)7-5-14;/h4-7,15H,3,8-13H2,1-2H3,(H,24,28)(H2,23,25,26);1H. The number of hydrogen-bond acceptors (Lipinski definition) is 4. The molecular weight excluding hydrogens is 514 g/mol. The second kappa shape index (κ2) is 12.8. The largest absolute Gasteiger partial charge is 0.497 e. The third-order valence-corrected chi connectivity index (χ3v) is 4.39. The SMILES string of the molecule is CCNC(=NCC(=O)NCc1ccc(OC)cc1)NC1CCN(CC(F)(F)F)C1.I. The number of methoxy groups -OCH3 is 1. The Morgan fingerprint density at radius 2 is 1.97 bits per heavy atom. The van der Waals surface area contributed by atoms with Crippen LogP contribution in [0.5, 0.6) is 5.75 Å². The fourth-order valence-corrected chi connectivity index (χ4v) is 3.01. The van der Waals surface area contributed by atoms with Gasteiger partial charge in [0.1, 0.15) is 12.3 Å². The van der Waals surface area contributed by atoms with E-state index in [1.165, 1.54) is 4.90 Å². The molecule has 1 unspecified atom stereocenters. The summed E-state index contributed by atoms with van der Waals surface area (Å²) in [7, 11) is 1.59. The van der Waals surface area contributed by atoms with Gasteiger partial charge in [-0.15, -0.1) is 24.0 Å². The number of amides is 1. The Morgan fingerprint density at radius 1 is 1.27 bits per heavy atom. The summed E-state index contributed by atoms with van der Waals surface area (Å²) in [5.41, 5.74) is 0.934. The van der Waals surface area contributed by atoms with Crippen LogP contribution in [0, 0.1) is 0 Å². The summed E-state index contributed by atoms with van der Waals surface area (Å²) in [6.07, 6.45) is -3.61. The molecule has 11 heteroatoms. The first-order valence-corrected chi connectivity index (χ1v) is 9.52. The lowest BCUT2D eigenvalue weighted by atomic mass is 10.2. The molecule has 0 bridgehead atoms. The third kappa shape index (κ3) is 9.83. The average molecular weight is 543 g/mol. The molecule has 0 saturated carbocycles. The molecule has 1 heterocycles. The van der Waals surface area contributed by atoms with Crippen LogP contribution in [0.15, 0.2) is 29.3 Å². The Labute approximate surface area is 191 Å². The van der Waals surface area contributed by atoms with Crippen molar-refractivity contribution in [2.45, 2.75) is 32.1 Å². The fourth-order valence-electron chi connectivity index (χ4n) is 3.01. The van der Waals surface area contributed by atoms with E-state index in [2.05, 4.69) is 20.9 Å². The van der Waals surface area contributed by atoms with Crippen molar-refractivity contribution in [2.24, 2.45) is 4.99 Å². The summed E-state index contributed by atoms with van der Waals surface area (Å²) >= 11 is 0. The molecule has 1 amide bonds. The van der Waals surface area contributed by atoms with E-state index in [1.54, 1.807) is 7.11 Å². The predicted octanol–water partition coefficient (Wildman–Crippen LogP) is 2.12. The van der Waals surface area contributed by atoms with Crippen LogP contribution < -0.4 is 20.7 Å². The van der Waals surface area contributed by atoms with Crippen molar-refractivity contribution in [1.82, 2.24) is 20.9 Å². The molecule has 1 aliphatic rings. The van der Waals surface area contributed by atoms with Crippen molar-refractivity contribution in [2.75, 3.05) is 39.8 Å². The number of benzene rings is 1. The van der Waals surface area contributed by atoms with Gasteiger partial charge in [0, 0.05) is 32.2 Å².